The Balaban J connectivity index is 2.09. The van der Waals surface area contributed by atoms with Gasteiger partial charge in [0, 0.05) is 0 Å². The van der Waals surface area contributed by atoms with Crippen LogP contribution in [0.1, 0.15) is 24.0 Å². The lowest BCUT2D eigenvalue weighted by Gasteiger charge is -2.14. The summed E-state index contributed by atoms with van der Waals surface area (Å²) < 4.78 is 0. The summed E-state index contributed by atoms with van der Waals surface area (Å²) in [5, 5.41) is 17.6. The van der Waals surface area contributed by atoms with Crippen LogP contribution in [0.4, 0.5) is 0 Å². The number of nitrogens with zero attached hydrogens (tertiary/aromatic N) is 3. The Labute approximate surface area is 93.9 Å². The molecule has 0 radical (unpaired) electrons. The van der Waals surface area contributed by atoms with Crippen LogP contribution in [-0.2, 0) is 19.4 Å². The fraction of sp³-hybridized carbons (Fsp3) is 0.500. The average molecular weight is 217 g/mol. The smallest absolute Gasteiger partial charge is 0.113 e. The van der Waals surface area contributed by atoms with Gasteiger partial charge < -0.3 is 5.11 Å². The minimum Gasteiger partial charge on any atom is -0.394 e. The first-order valence-electron chi connectivity index (χ1n) is 5.84. The van der Waals surface area contributed by atoms with Crippen LogP contribution in [0.25, 0.3) is 11.0 Å². The van der Waals surface area contributed by atoms with Crippen molar-refractivity contribution < 1.29 is 5.11 Å². The van der Waals surface area contributed by atoms with E-state index < -0.39 is 0 Å². The number of rotatable bonds is 2. The lowest BCUT2D eigenvalue weighted by Crippen LogP contribution is -2.05. The lowest BCUT2D eigenvalue weighted by atomic mass is 9.91. The molecule has 1 heterocycles. The minimum absolute atomic E-state index is 0.0840. The zero-order valence-electron chi connectivity index (χ0n) is 9.19. The van der Waals surface area contributed by atoms with Gasteiger partial charge in [-0.3, -0.25) is 0 Å². The van der Waals surface area contributed by atoms with Gasteiger partial charge in [-0.25, -0.2) is 0 Å². The van der Waals surface area contributed by atoms with E-state index in [1.807, 2.05) is 0 Å². The van der Waals surface area contributed by atoms with E-state index in [-0.39, 0.29) is 6.61 Å². The second-order valence-electron chi connectivity index (χ2n) is 4.34. The number of aliphatic hydroxyl groups excluding tert-OH is 1. The normalized spacial score (nSPS) is 15.3. The summed E-state index contributed by atoms with van der Waals surface area (Å²) in [6, 6.07) is 4.31. The van der Waals surface area contributed by atoms with E-state index >= 15 is 0 Å². The highest BCUT2D eigenvalue weighted by molar-refractivity contribution is 5.76. The second-order valence-corrected chi connectivity index (χ2v) is 4.34. The molecule has 16 heavy (non-hydrogen) atoms. The van der Waals surface area contributed by atoms with Crippen LogP contribution in [-0.4, -0.2) is 26.7 Å². The highest BCUT2D eigenvalue weighted by Crippen LogP contribution is 2.24. The molecule has 4 nitrogen and oxygen atoms in total. The predicted molar refractivity (Wildman–Crippen MR) is 61.3 cm³/mol. The van der Waals surface area contributed by atoms with Crippen LogP contribution < -0.4 is 0 Å². The fourth-order valence-corrected chi connectivity index (χ4v) is 2.38. The first-order chi connectivity index (χ1) is 7.86. The molecule has 3 rings (SSSR count). The van der Waals surface area contributed by atoms with Crippen molar-refractivity contribution in [2.75, 3.05) is 6.61 Å². The third-order valence-corrected chi connectivity index (χ3v) is 3.19. The van der Waals surface area contributed by atoms with Crippen molar-refractivity contribution >= 4 is 11.0 Å². The van der Waals surface area contributed by atoms with E-state index in [0.29, 0.717) is 6.54 Å². The molecule has 1 N–H and O–H groups in total. The van der Waals surface area contributed by atoms with Gasteiger partial charge in [-0.05, 0) is 48.9 Å². The first-order valence-corrected chi connectivity index (χ1v) is 5.84. The molecule has 0 saturated heterocycles. The van der Waals surface area contributed by atoms with Gasteiger partial charge in [-0.2, -0.15) is 15.0 Å². The number of fused-ring (bicyclic) bond motifs is 2. The van der Waals surface area contributed by atoms with E-state index in [9.17, 15) is 0 Å². The van der Waals surface area contributed by atoms with Crippen molar-refractivity contribution in [2.24, 2.45) is 0 Å². The predicted octanol–water partition coefficient (Wildman–Crippen LogP) is 1.30. The summed E-state index contributed by atoms with van der Waals surface area (Å²) in [7, 11) is 0. The SMILES string of the molecule is OCCn1nc2cc3c(cc2n1)CCCC3. The molecule has 1 aliphatic carbocycles. The molecule has 1 aromatic heterocycles. The standard InChI is InChI=1S/C12H15N3O/c16-6-5-15-13-11-7-9-3-1-2-4-10(9)8-12(11)14-15/h7-8,16H,1-6H2. The lowest BCUT2D eigenvalue weighted by molar-refractivity contribution is 0.261. The van der Waals surface area contributed by atoms with Crippen LogP contribution in [0.15, 0.2) is 12.1 Å². The van der Waals surface area contributed by atoms with E-state index in [1.54, 1.807) is 4.80 Å². The summed E-state index contributed by atoms with van der Waals surface area (Å²) in [5.41, 5.74) is 4.76. The van der Waals surface area contributed by atoms with Crippen LogP contribution in [0, 0.1) is 0 Å². The molecule has 4 heteroatoms. The Morgan fingerprint density at radius 2 is 1.62 bits per heavy atom. The fourth-order valence-electron chi connectivity index (χ4n) is 2.38. The molecule has 0 aliphatic heterocycles. The summed E-state index contributed by atoms with van der Waals surface area (Å²) in [6.45, 7) is 0.556. The van der Waals surface area contributed by atoms with Crippen LogP contribution in [0.5, 0.6) is 0 Å². The maximum absolute atomic E-state index is 8.86. The summed E-state index contributed by atoms with van der Waals surface area (Å²) >= 11 is 0. The first kappa shape index (κ1) is 9.78. The maximum Gasteiger partial charge on any atom is 0.113 e. The molecule has 84 valence electrons. The molecule has 0 amide bonds. The van der Waals surface area contributed by atoms with Gasteiger partial charge in [-0.15, -0.1) is 0 Å². The number of benzene rings is 1. The van der Waals surface area contributed by atoms with E-state index in [2.05, 4.69) is 22.3 Å². The van der Waals surface area contributed by atoms with Crippen molar-refractivity contribution in [3.05, 3.63) is 23.3 Å². The van der Waals surface area contributed by atoms with Gasteiger partial charge in [0.25, 0.3) is 0 Å². The number of hydrogen-bond acceptors (Lipinski definition) is 3. The largest absolute Gasteiger partial charge is 0.394 e. The van der Waals surface area contributed by atoms with Gasteiger partial charge >= 0.3 is 0 Å². The number of aromatic nitrogens is 3. The summed E-state index contributed by atoms with van der Waals surface area (Å²) in [5.74, 6) is 0. The van der Waals surface area contributed by atoms with Crippen molar-refractivity contribution in [1.82, 2.24) is 15.0 Å². The maximum atomic E-state index is 8.86. The van der Waals surface area contributed by atoms with E-state index in [4.69, 9.17) is 5.11 Å². The Morgan fingerprint density at radius 3 is 2.12 bits per heavy atom. The van der Waals surface area contributed by atoms with Crippen LogP contribution in [0.3, 0.4) is 0 Å². The molecule has 1 aliphatic rings. The van der Waals surface area contributed by atoms with Crippen molar-refractivity contribution in [2.45, 2.75) is 32.2 Å². The monoisotopic (exact) mass is 217 g/mol. The average Bonchev–Trinajstić information content (AvgIpc) is 2.67. The van der Waals surface area contributed by atoms with Crippen LogP contribution in [0.2, 0.25) is 0 Å². The molecule has 0 spiro atoms. The summed E-state index contributed by atoms with van der Waals surface area (Å²) in [6.07, 6.45) is 4.89. The zero-order valence-corrected chi connectivity index (χ0v) is 9.19. The molecule has 1 aromatic carbocycles. The molecule has 2 aromatic rings. The third-order valence-electron chi connectivity index (χ3n) is 3.19. The second kappa shape index (κ2) is 3.87. The zero-order chi connectivity index (χ0) is 11.0. The molecular formula is C12H15N3O. The highest BCUT2D eigenvalue weighted by Gasteiger charge is 2.12. The Bertz CT molecular complexity index is 475. The molecule has 0 saturated carbocycles. The third kappa shape index (κ3) is 1.59. The van der Waals surface area contributed by atoms with Gasteiger partial charge in [0.05, 0.1) is 13.2 Å². The Morgan fingerprint density at radius 1 is 1.06 bits per heavy atom. The van der Waals surface area contributed by atoms with Crippen LogP contribution >= 0.6 is 0 Å². The number of hydrogen-bond donors (Lipinski definition) is 1. The van der Waals surface area contributed by atoms with Gasteiger partial charge in [-0.1, -0.05) is 0 Å². The van der Waals surface area contributed by atoms with Gasteiger partial charge in [0.1, 0.15) is 11.0 Å². The molecular weight excluding hydrogens is 202 g/mol. The highest BCUT2D eigenvalue weighted by atomic mass is 16.3. The van der Waals surface area contributed by atoms with Gasteiger partial charge in [0.2, 0.25) is 0 Å². The number of aryl methyl sites for hydroxylation is 2. The molecule has 0 bridgehead atoms. The van der Waals surface area contributed by atoms with Gasteiger partial charge in [0.15, 0.2) is 0 Å². The quantitative estimate of drug-likeness (QED) is 0.825. The van der Waals surface area contributed by atoms with E-state index in [0.717, 1.165) is 23.9 Å². The van der Waals surface area contributed by atoms with Crippen molar-refractivity contribution in [3.63, 3.8) is 0 Å². The molecule has 0 unspecified atom stereocenters. The van der Waals surface area contributed by atoms with Crippen molar-refractivity contribution in [1.29, 1.82) is 0 Å². The number of aliphatic hydroxyl groups is 1. The summed E-state index contributed by atoms with van der Waals surface area (Å²) in [4.78, 5) is 1.58. The minimum atomic E-state index is 0.0840. The topological polar surface area (TPSA) is 50.9 Å². The van der Waals surface area contributed by atoms with E-state index in [1.165, 1.54) is 24.0 Å². The Hall–Kier alpha value is -1.42. The Kier molecular flexibility index (Phi) is 2.36. The molecule has 0 atom stereocenters. The molecule has 0 fully saturated rings. The van der Waals surface area contributed by atoms with Crippen molar-refractivity contribution in [3.8, 4) is 0 Å².